The molecule has 176 valence electrons. The molecular formula is C26H26F2N4O2. The highest BCUT2D eigenvalue weighted by Gasteiger charge is 2.51. The van der Waals surface area contributed by atoms with Gasteiger partial charge in [0.2, 0.25) is 5.36 Å². The third-order valence-corrected chi connectivity index (χ3v) is 8.20. The van der Waals surface area contributed by atoms with Gasteiger partial charge in [-0.3, -0.25) is 14.2 Å². The van der Waals surface area contributed by atoms with Gasteiger partial charge in [-0.05, 0) is 98.1 Å². The van der Waals surface area contributed by atoms with Gasteiger partial charge in [0.15, 0.2) is 0 Å². The molecule has 0 radical (unpaired) electrons. The molecule has 4 fully saturated rings. The van der Waals surface area contributed by atoms with Gasteiger partial charge in [-0.1, -0.05) is 0 Å². The van der Waals surface area contributed by atoms with E-state index in [0.29, 0.717) is 35.5 Å². The zero-order valence-corrected chi connectivity index (χ0v) is 18.7. The lowest BCUT2D eigenvalue weighted by molar-refractivity contribution is -0.0617. The maximum absolute atomic E-state index is 14.5. The van der Waals surface area contributed by atoms with Gasteiger partial charge in [0.1, 0.15) is 11.6 Å². The fraction of sp³-hybridized carbons (Fsp3) is 0.423. The fourth-order valence-electron chi connectivity index (χ4n) is 7.38. The minimum absolute atomic E-state index is 0.0239. The molecule has 2 N–H and O–H groups in total. The van der Waals surface area contributed by atoms with Crippen LogP contribution in [0.4, 0.5) is 8.78 Å². The maximum atomic E-state index is 14.5. The van der Waals surface area contributed by atoms with E-state index >= 15 is 0 Å². The van der Waals surface area contributed by atoms with Gasteiger partial charge in [0.25, 0.3) is 11.1 Å². The molecule has 2 aromatic carbocycles. The van der Waals surface area contributed by atoms with Crippen molar-refractivity contribution in [3.63, 3.8) is 0 Å². The van der Waals surface area contributed by atoms with Gasteiger partial charge < -0.3 is 10.4 Å². The summed E-state index contributed by atoms with van der Waals surface area (Å²) in [6.07, 6.45) is 6.97. The Bertz CT molecular complexity index is 1460. The van der Waals surface area contributed by atoms with Crippen LogP contribution >= 0.6 is 0 Å². The van der Waals surface area contributed by atoms with Crippen LogP contribution in [0.1, 0.15) is 38.5 Å². The number of benzene rings is 2. The van der Waals surface area contributed by atoms with Crippen LogP contribution in [0.3, 0.4) is 0 Å². The zero-order chi connectivity index (χ0) is 23.6. The first-order valence-corrected chi connectivity index (χ1v) is 11.9. The Morgan fingerprint density at radius 2 is 1.44 bits per heavy atom. The average molecular weight is 465 g/mol. The third kappa shape index (κ3) is 3.30. The van der Waals surface area contributed by atoms with Crippen LogP contribution in [-0.2, 0) is 6.54 Å². The van der Waals surface area contributed by atoms with Crippen molar-refractivity contribution in [1.82, 2.24) is 9.13 Å². The Labute approximate surface area is 194 Å². The van der Waals surface area contributed by atoms with E-state index in [-0.39, 0.29) is 10.9 Å². The van der Waals surface area contributed by atoms with Gasteiger partial charge in [-0.25, -0.2) is 8.78 Å². The first-order chi connectivity index (χ1) is 16.4. The molecule has 8 heteroatoms. The molecule has 6 nitrogen and oxygen atoms in total. The third-order valence-electron chi connectivity index (χ3n) is 8.20. The highest BCUT2D eigenvalue weighted by atomic mass is 19.1. The number of halogens is 2. The second kappa shape index (κ2) is 7.61. The van der Waals surface area contributed by atoms with Crippen LogP contribution in [0.15, 0.2) is 57.2 Å². The van der Waals surface area contributed by atoms with E-state index in [9.17, 15) is 18.4 Å². The summed E-state index contributed by atoms with van der Waals surface area (Å²) in [6.45, 7) is 0.442. The van der Waals surface area contributed by atoms with Crippen molar-refractivity contribution in [2.45, 2.75) is 45.1 Å². The first-order valence-electron chi connectivity index (χ1n) is 11.9. The molecule has 1 heterocycles. The number of aromatic nitrogens is 2. The second-order valence-electron chi connectivity index (χ2n) is 10.5. The van der Waals surface area contributed by atoms with Gasteiger partial charge in [-0.15, -0.1) is 0 Å². The van der Waals surface area contributed by atoms with Crippen LogP contribution in [0.2, 0.25) is 0 Å². The van der Waals surface area contributed by atoms with E-state index in [1.54, 1.807) is 4.57 Å². The minimum atomic E-state index is -0.765. The highest BCUT2D eigenvalue weighted by Crippen LogP contribution is 2.60. The Balaban J connectivity index is 1.65. The van der Waals surface area contributed by atoms with Gasteiger partial charge in [0, 0.05) is 18.3 Å². The van der Waals surface area contributed by atoms with Gasteiger partial charge in [-0.2, -0.15) is 5.10 Å². The molecule has 0 atom stereocenters. The number of rotatable bonds is 3. The Kier molecular flexibility index (Phi) is 4.76. The number of nitrogens with zero attached hydrogens (tertiary/aromatic N) is 3. The van der Waals surface area contributed by atoms with E-state index in [1.165, 1.54) is 66.3 Å². The Morgan fingerprint density at radius 1 is 0.853 bits per heavy atom. The summed E-state index contributed by atoms with van der Waals surface area (Å²) >= 11 is 0. The van der Waals surface area contributed by atoms with Gasteiger partial charge in [0.05, 0.1) is 11.0 Å². The van der Waals surface area contributed by atoms with Crippen LogP contribution in [0, 0.1) is 34.8 Å². The molecule has 4 aliphatic rings. The normalized spacial score (nSPS) is 28.1. The van der Waals surface area contributed by atoms with Crippen molar-refractivity contribution < 1.29 is 8.78 Å². The average Bonchev–Trinajstić information content (AvgIpc) is 2.86. The molecule has 0 aliphatic heterocycles. The monoisotopic (exact) mass is 464 g/mol. The van der Waals surface area contributed by atoms with Crippen LogP contribution in [-0.4, -0.2) is 9.13 Å². The van der Waals surface area contributed by atoms with Crippen LogP contribution in [0.5, 0.6) is 0 Å². The van der Waals surface area contributed by atoms with E-state index in [1.807, 2.05) is 0 Å². The standard InChI is InChI=1S/C26H26F2N4O2/c27-18-1-4-20(5-2-18)32-22-10-19(28)3-6-21(22)31(24(33)23(30-29)25(32)34)14-26-11-15-7-16(12-26)9-17(8-15)13-26/h1-6,10,15-17H,7-9,11-14,29H2. The van der Waals surface area contributed by atoms with Crippen molar-refractivity contribution in [3.05, 3.63) is 80.2 Å². The van der Waals surface area contributed by atoms with Crippen molar-refractivity contribution in [2.24, 2.45) is 34.1 Å². The Morgan fingerprint density at radius 3 is 2.03 bits per heavy atom. The molecular weight excluding hydrogens is 438 g/mol. The zero-order valence-electron chi connectivity index (χ0n) is 18.7. The number of fused-ring (bicyclic) bond motifs is 1. The van der Waals surface area contributed by atoms with Crippen molar-refractivity contribution in [2.75, 3.05) is 0 Å². The SMILES string of the molecule is NN=c1c(=O)n(CC23CC4CC(CC(C4)C2)C3)c2ccc(F)cc2n(-c2ccc(F)cc2)c1=O. The van der Waals surface area contributed by atoms with E-state index in [4.69, 9.17) is 5.84 Å². The molecule has 1 aromatic heterocycles. The quantitative estimate of drug-likeness (QED) is 0.476. The predicted molar refractivity (Wildman–Crippen MR) is 124 cm³/mol. The first kappa shape index (κ1) is 21.3. The molecule has 34 heavy (non-hydrogen) atoms. The van der Waals surface area contributed by atoms with Crippen LogP contribution in [0.25, 0.3) is 16.7 Å². The summed E-state index contributed by atoms with van der Waals surface area (Å²) in [6, 6.07) is 9.30. The van der Waals surface area contributed by atoms with E-state index in [2.05, 4.69) is 5.10 Å². The molecule has 0 saturated heterocycles. The summed E-state index contributed by atoms with van der Waals surface area (Å²) < 4.78 is 30.8. The molecule has 7 rings (SSSR count). The molecule has 0 amide bonds. The number of nitrogens with two attached hydrogens (primary N) is 1. The van der Waals surface area contributed by atoms with Crippen molar-refractivity contribution in [3.8, 4) is 5.69 Å². The van der Waals surface area contributed by atoms with Crippen molar-refractivity contribution >= 4 is 11.0 Å². The lowest BCUT2D eigenvalue weighted by atomic mass is 9.49. The molecule has 4 aliphatic carbocycles. The Hall–Kier alpha value is -3.29. The molecule has 4 bridgehead atoms. The lowest BCUT2D eigenvalue weighted by Gasteiger charge is -2.57. The van der Waals surface area contributed by atoms with E-state index < -0.39 is 28.1 Å². The molecule has 4 saturated carbocycles. The predicted octanol–water partition coefficient (Wildman–Crippen LogP) is 3.42. The molecule has 0 unspecified atom stereocenters. The molecule has 3 aromatic rings. The van der Waals surface area contributed by atoms with E-state index in [0.717, 1.165) is 19.3 Å². The van der Waals surface area contributed by atoms with Crippen molar-refractivity contribution in [1.29, 1.82) is 0 Å². The topological polar surface area (TPSA) is 82.4 Å². The largest absolute Gasteiger partial charge is 0.322 e. The number of hydrogen-bond donors (Lipinski definition) is 1. The maximum Gasteiger partial charge on any atom is 0.289 e. The summed E-state index contributed by atoms with van der Waals surface area (Å²) in [4.78, 5) is 27.2. The summed E-state index contributed by atoms with van der Waals surface area (Å²) in [5.74, 6) is 6.59. The minimum Gasteiger partial charge on any atom is -0.322 e. The summed E-state index contributed by atoms with van der Waals surface area (Å²) in [5.41, 5.74) is -0.431. The summed E-state index contributed by atoms with van der Waals surface area (Å²) in [7, 11) is 0. The second-order valence-corrected chi connectivity index (χ2v) is 10.5. The molecule has 0 spiro atoms. The smallest absolute Gasteiger partial charge is 0.289 e. The summed E-state index contributed by atoms with van der Waals surface area (Å²) in [5, 5.41) is 3.15. The lowest BCUT2D eigenvalue weighted by Crippen LogP contribution is -2.51. The number of hydrogen-bond acceptors (Lipinski definition) is 4. The highest BCUT2D eigenvalue weighted by molar-refractivity contribution is 5.77. The fourth-order valence-corrected chi connectivity index (χ4v) is 7.38. The van der Waals surface area contributed by atoms with Crippen LogP contribution < -0.4 is 22.3 Å². The van der Waals surface area contributed by atoms with Gasteiger partial charge >= 0.3 is 0 Å².